The maximum atomic E-state index is 12.1. The van der Waals surface area contributed by atoms with Gasteiger partial charge in [-0.25, -0.2) is 0 Å². The van der Waals surface area contributed by atoms with Gasteiger partial charge in [0.1, 0.15) is 18.3 Å². The minimum Gasteiger partial charge on any atom is -0.496 e. The van der Waals surface area contributed by atoms with E-state index in [0.717, 1.165) is 5.56 Å². The van der Waals surface area contributed by atoms with Crippen LogP contribution in [0.1, 0.15) is 12.5 Å². The maximum absolute atomic E-state index is 12.1. The zero-order valence-corrected chi connectivity index (χ0v) is 11.8. The van der Waals surface area contributed by atoms with Gasteiger partial charge in [0.05, 0.1) is 7.11 Å². The molecule has 0 radical (unpaired) electrons. The Bertz CT molecular complexity index is 609. The number of hydrogen-bond acceptors (Lipinski definition) is 4. The summed E-state index contributed by atoms with van der Waals surface area (Å²) in [7, 11) is 1.55. The number of benzene rings is 1. The van der Waals surface area contributed by atoms with Crippen LogP contribution in [0.2, 0.25) is 0 Å². The Morgan fingerprint density at radius 1 is 1.38 bits per heavy atom. The Morgan fingerprint density at radius 3 is 2.81 bits per heavy atom. The summed E-state index contributed by atoms with van der Waals surface area (Å²) in [4.78, 5) is 36.2. The summed E-state index contributed by atoms with van der Waals surface area (Å²) in [5, 5.41) is 2.19. The Hall–Kier alpha value is -2.63. The maximum Gasteiger partial charge on any atom is 0.249 e. The number of amides is 3. The van der Waals surface area contributed by atoms with Crippen LogP contribution in [0.4, 0.5) is 0 Å². The lowest BCUT2D eigenvalue weighted by Gasteiger charge is -2.30. The molecule has 1 heterocycles. The molecule has 6 nitrogen and oxygen atoms in total. The molecule has 1 aliphatic rings. The van der Waals surface area contributed by atoms with E-state index in [0.29, 0.717) is 5.75 Å². The number of imide groups is 1. The van der Waals surface area contributed by atoms with E-state index in [-0.39, 0.29) is 6.54 Å². The van der Waals surface area contributed by atoms with E-state index in [1.165, 1.54) is 11.0 Å². The summed E-state index contributed by atoms with van der Waals surface area (Å²) in [5.41, 5.74) is 0.744. The number of piperazine rings is 1. The molecule has 0 saturated carbocycles. The highest BCUT2D eigenvalue weighted by Crippen LogP contribution is 2.19. The fourth-order valence-corrected chi connectivity index (χ4v) is 2.04. The number of nitrogens with one attached hydrogen (secondary N) is 1. The van der Waals surface area contributed by atoms with Crippen LogP contribution in [0, 0.1) is 0 Å². The number of nitrogens with zero attached hydrogens (tertiary/aromatic N) is 1. The first-order chi connectivity index (χ1) is 10.0. The van der Waals surface area contributed by atoms with Gasteiger partial charge in [0.2, 0.25) is 17.7 Å². The van der Waals surface area contributed by atoms with Crippen LogP contribution in [0.3, 0.4) is 0 Å². The molecule has 110 valence electrons. The van der Waals surface area contributed by atoms with Crippen LogP contribution in [-0.2, 0) is 14.4 Å². The molecule has 0 bridgehead atoms. The third-order valence-electron chi connectivity index (χ3n) is 3.25. The van der Waals surface area contributed by atoms with Crippen molar-refractivity contribution in [2.75, 3.05) is 13.7 Å². The molecule has 0 aliphatic carbocycles. The first-order valence-electron chi connectivity index (χ1n) is 6.48. The zero-order valence-electron chi connectivity index (χ0n) is 11.8. The molecule has 0 spiro atoms. The summed E-state index contributed by atoms with van der Waals surface area (Å²) in [6.07, 6.45) is 2.94. The lowest BCUT2D eigenvalue weighted by atomic mass is 10.1. The van der Waals surface area contributed by atoms with Gasteiger partial charge < -0.3 is 9.64 Å². The molecular weight excluding hydrogens is 272 g/mol. The van der Waals surface area contributed by atoms with Gasteiger partial charge in [0.25, 0.3) is 0 Å². The fourth-order valence-electron chi connectivity index (χ4n) is 2.04. The smallest absolute Gasteiger partial charge is 0.249 e. The molecule has 1 aromatic carbocycles. The molecule has 3 amide bonds. The first-order valence-corrected chi connectivity index (χ1v) is 6.48. The Morgan fingerprint density at radius 2 is 2.10 bits per heavy atom. The van der Waals surface area contributed by atoms with E-state index < -0.39 is 23.8 Å². The lowest BCUT2D eigenvalue weighted by molar-refractivity contribution is -0.147. The van der Waals surface area contributed by atoms with E-state index in [2.05, 4.69) is 5.32 Å². The number of methoxy groups -OCH3 is 1. The van der Waals surface area contributed by atoms with E-state index in [1.54, 1.807) is 32.2 Å². The van der Waals surface area contributed by atoms with Crippen LogP contribution < -0.4 is 10.1 Å². The van der Waals surface area contributed by atoms with Crippen molar-refractivity contribution in [2.45, 2.75) is 13.0 Å². The van der Waals surface area contributed by atoms with Crippen molar-refractivity contribution < 1.29 is 19.1 Å². The van der Waals surface area contributed by atoms with Crippen molar-refractivity contribution in [3.05, 3.63) is 35.9 Å². The van der Waals surface area contributed by atoms with Crippen molar-refractivity contribution in [3.8, 4) is 5.75 Å². The molecule has 1 saturated heterocycles. The van der Waals surface area contributed by atoms with Crippen LogP contribution in [0.25, 0.3) is 6.08 Å². The average molecular weight is 288 g/mol. The van der Waals surface area contributed by atoms with E-state index in [1.807, 2.05) is 12.1 Å². The second-order valence-electron chi connectivity index (χ2n) is 4.63. The van der Waals surface area contributed by atoms with Gasteiger partial charge in [0.15, 0.2) is 0 Å². The third kappa shape index (κ3) is 3.28. The van der Waals surface area contributed by atoms with Crippen molar-refractivity contribution in [1.29, 1.82) is 0 Å². The molecule has 2 rings (SSSR count). The SMILES string of the molecule is COc1ccccc1C=CC(=O)N1CC(=O)NC(=O)C1C. The lowest BCUT2D eigenvalue weighted by Crippen LogP contribution is -2.58. The standard InChI is InChI=1S/C15H16N2O4/c1-10-15(20)16-13(18)9-17(10)14(19)8-7-11-5-3-4-6-12(11)21-2/h3-8,10H,9H2,1-2H3,(H,16,18,20). The molecule has 1 fully saturated rings. The van der Waals surface area contributed by atoms with Gasteiger partial charge in [0, 0.05) is 11.6 Å². The highest BCUT2D eigenvalue weighted by atomic mass is 16.5. The Labute approximate surface area is 122 Å². The van der Waals surface area contributed by atoms with E-state index >= 15 is 0 Å². The average Bonchev–Trinajstić information content (AvgIpc) is 2.48. The Kier molecular flexibility index (Phi) is 4.37. The predicted molar refractivity (Wildman–Crippen MR) is 76.4 cm³/mol. The van der Waals surface area contributed by atoms with E-state index in [4.69, 9.17) is 4.74 Å². The van der Waals surface area contributed by atoms with Crippen LogP contribution in [0.5, 0.6) is 5.75 Å². The molecule has 0 aromatic heterocycles. The summed E-state index contributed by atoms with van der Waals surface area (Å²) in [5.74, 6) is -0.693. The minimum absolute atomic E-state index is 0.123. The second kappa shape index (κ2) is 6.21. The summed E-state index contributed by atoms with van der Waals surface area (Å²) in [6.45, 7) is 1.46. The number of hydrogen-bond donors (Lipinski definition) is 1. The number of ether oxygens (including phenoxy) is 1. The van der Waals surface area contributed by atoms with Crippen LogP contribution in [-0.4, -0.2) is 42.3 Å². The minimum atomic E-state index is -0.669. The first kappa shape index (κ1) is 14.8. The monoisotopic (exact) mass is 288 g/mol. The molecule has 6 heteroatoms. The van der Waals surface area contributed by atoms with Gasteiger partial charge in [-0.15, -0.1) is 0 Å². The largest absolute Gasteiger partial charge is 0.496 e. The van der Waals surface area contributed by atoms with Gasteiger partial charge in [-0.3, -0.25) is 19.7 Å². The molecular formula is C15H16N2O4. The van der Waals surface area contributed by atoms with E-state index in [9.17, 15) is 14.4 Å². The van der Waals surface area contributed by atoms with Gasteiger partial charge in [-0.1, -0.05) is 18.2 Å². The molecule has 21 heavy (non-hydrogen) atoms. The van der Waals surface area contributed by atoms with Crippen molar-refractivity contribution in [2.24, 2.45) is 0 Å². The number of rotatable bonds is 3. The van der Waals surface area contributed by atoms with Crippen LogP contribution in [0.15, 0.2) is 30.3 Å². The topological polar surface area (TPSA) is 75.7 Å². The fraction of sp³-hybridized carbons (Fsp3) is 0.267. The zero-order chi connectivity index (χ0) is 15.4. The highest BCUT2D eigenvalue weighted by molar-refractivity contribution is 6.06. The Balaban J connectivity index is 2.15. The van der Waals surface area contributed by atoms with Crippen molar-refractivity contribution >= 4 is 23.8 Å². The quantitative estimate of drug-likeness (QED) is 0.652. The van der Waals surface area contributed by atoms with Crippen LogP contribution >= 0.6 is 0 Å². The molecule has 1 atom stereocenters. The summed E-state index contributed by atoms with van der Waals surface area (Å²) >= 11 is 0. The second-order valence-corrected chi connectivity index (χ2v) is 4.63. The molecule has 1 aromatic rings. The van der Waals surface area contributed by atoms with Gasteiger partial charge >= 0.3 is 0 Å². The highest BCUT2D eigenvalue weighted by Gasteiger charge is 2.32. The number of para-hydroxylation sites is 1. The predicted octanol–water partition coefficient (Wildman–Crippen LogP) is 0.582. The third-order valence-corrected chi connectivity index (χ3v) is 3.25. The summed E-state index contributed by atoms with van der Waals surface area (Å²) < 4.78 is 5.18. The molecule has 1 unspecified atom stereocenters. The van der Waals surface area contributed by atoms with Crippen molar-refractivity contribution in [3.63, 3.8) is 0 Å². The summed E-state index contributed by atoms with van der Waals surface area (Å²) in [6, 6.07) is 6.57. The number of carbonyl (C=O) groups is 3. The molecule has 1 N–H and O–H groups in total. The van der Waals surface area contributed by atoms with Gasteiger partial charge in [-0.05, 0) is 19.1 Å². The van der Waals surface area contributed by atoms with Gasteiger partial charge in [-0.2, -0.15) is 0 Å². The normalized spacial score (nSPS) is 18.8. The number of carbonyl (C=O) groups excluding carboxylic acids is 3. The van der Waals surface area contributed by atoms with Crippen molar-refractivity contribution in [1.82, 2.24) is 10.2 Å². The molecule has 1 aliphatic heterocycles.